The molecule has 0 nitrogen and oxygen atoms in total. The predicted molar refractivity (Wildman–Crippen MR) is 81.3 cm³/mol. The molecule has 0 aliphatic carbocycles. The minimum atomic E-state index is -1.94. The van der Waals surface area contributed by atoms with Gasteiger partial charge >= 0.3 is 112 Å². The zero-order valence-corrected chi connectivity index (χ0v) is 12.6. The number of benzene rings is 2. The molecule has 1 heteroatoms. The summed E-state index contributed by atoms with van der Waals surface area (Å²) in [5.74, 6) is 0. The van der Waals surface area contributed by atoms with E-state index in [0.717, 1.165) is 0 Å². The molecule has 0 atom stereocenters. The van der Waals surface area contributed by atoms with Gasteiger partial charge in [0.15, 0.2) is 0 Å². The Hall–Kier alpha value is -1.26. The van der Waals surface area contributed by atoms with Crippen molar-refractivity contribution in [2.75, 3.05) is 0 Å². The molecule has 0 saturated carbocycles. The summed E-state index contributed by atoms with van der Waals surface area (Å²) in [5, 5.41) is 2.60. The molecule has 0 amide bonds. The molecule has 2 aromatic carbocycles. The van der Waals surface area contributed by atoms with E-state index >= 15 is 0 Å². The van der Waals surface area contributed by atoms with Crippen LogP contribution in [0.3, 0.4) is 0 Å². The molecule has 91 valence electrons. The van der Waals surface area contributed by atoms with E-state index in [0.29, 0.717) is 0 Å². The normalized spacial score (nSPS) is 17.5. The third kappa shape index (κ3) is 1.95. The van der Waals surface area contributed by atoms with Gasteiger partial charge < -0.3 is 0 Å². The third-order valence-corrected chi connectivity index (χ3v) is 13.0. The van der Waals surface area contributed by atoms with Crippen molar-refractivity contribution < 1.29 is 0 Å². The second-order valence-electron chi connectivity index (χ2n) is 5.03. The summed E-state index contributed by atoms with van der Waals surface area (Å²) in [6.07, 6.45) is 2.47. The van der Waals surface area contributed by atoms with Gasteiger partial charge in [-0.25, -0.2) is 0 Å². The van der Waals surface area contributed by atoms with Gasteiger partial charge in [-0.1, -0.05) is 0 Å². The van der Waals surface area contributed by atoms with Gasteiger partial charge in [-0.2, -0.15) is 0 Å². The Morgan fingerprint density at radius 3 is 1.67 bits per heavy atom. The summed E-state index contributed by atoms with van der Waals surface area (Å²) < 4.78 is 3.21. The standard InChI is InChI=1S/C17H18As/c1-15-12-13-18(14-15,16-8-4-2-5-9-16)17-10-6-3-7-11-17/h2-12H,13-14H2,1H3. The molecule has 3 rings (SSSR count). The summed E-state index contributed by atoms with van der Waals surface area (Å²) in [7, 11) is 0. The monoisotopic (exact) mass is 297 g/mol. The van der Waals surface area contributed by atoms with Crippen LogP contribution in [0.5, 0.6) is 0 Å². The van der Waals surface area contributed by atoms with E-state index in [1.165, 1.54) is 10.4 Å². The van der Waals surface area contributed by atoms with Gasteiger partial charge in [0, 0.05) is 0 Å². The van der Waals surface area contributed by atoms with Crippen LogP contribution in [0.4, 0.5) is 0 Å². The predicted octanol–water partition coefficient (Wildman–Crippen LogP) is 3.21. The summed E-state index contributed by atoms with van der Waals surface area (Å²) in [4.78, 5) is 0. The van der Waals surface area contributed by atoms with Crippen LogP contribution in [-0.2, 0) is 0 Å². The fraction of sp³-hybridized carbons (Fsp3) is 0.176. The summed E-state index contributed by atoms with van der Waals surface area (Å²) >= 11 is -1.94. The maximum atomic E-state index is 2.47. The molecule has 0 unspecified atom stereocenters. The Kier molecular flexibility index (Phi) is 3.14. The first-order chi connectivity index (χ1) is 8.81. The van der Waals surface area contributed by atoms with Crippen LogP contribution in [0.15, 0.2) is 72.3 Å². The molecule has 1 aliphatic heterocycles. The number of hydrogen-bond acceptors (Lipinski definition) is 0. The molecule has 0 spiro atoms. The third-order valence-electron chi connectivity index (χ3n) is 3.77. The zero-order valence-electron chi connectivity index (χ0n) is 10.7. The summed E-state index contributed by atoms with van der Waals surface area (Å²) in [5.41, 5.74) is 1.58. The van der Waals surface area contributed by atoms with Crippen molar-refractivity contribution in [1.29, 1.82) is 0 Å². The Morgan fingerprint density at radius 2 is 1.28 bits per heavy atom. The van der Waals surface area contributed by atoms with Crippen LogP contribution in [0, 0.1) is 0 Å². The van der Waals surface area contributed by atoms with Crippen LogP contribution in [0.2, 0.25) is 10.4 Å². The van der Waals surface area contributed by atoms with E-state index in [-0.39, 0.29) is 0 Å². The quantitative estimate of drug-likeness (QED) is 0.590. The van der Waals surface area contributed by atoms with Crippen LogP contribution < -0.4 is 8.70 Å². The molecule has 1 aliphatic rings. The Bertz CT molecular complexity index is 515. The van der Waals surface area contributed by atoms with Gasteiger partial charge in [-0.3, -0.25) is 0 Å². The Balaban J connectivity index is 2.12. The van der Waals surface area contributed by atoms with Crippen molar-refractivity contribution in [1.82, 2.24) is 0 Å². The maximum absolute atomic E-state index is 2.47. The van der Waals surface area contributed by atoms with Gasteiger partial charge in [-0.05, 0) is 0 Å². The zero-order chi connectivity index (χ0) is 12.4. The molecule has 1 radical (unpaired) electrons. The first kappa shape index (κ1) is 11.8. The Morgan fingerprint density at radius 1 is 0.778 bits per heavy atom. The van der Waals surface area contributed by atoms with Crippen molar-refractivity contribution in [2.45, 2.75) is 17.3 Å². The number of hydrogen-bond donors (Lipinski definition) is 0. The van der Waals surface area contributed by atoms with Crippen molar-refractivity contribution in [3.8, 4) is 0 Å². The van der Waals surface area contributed by atoms with E-state index in [4.69, 9.17) is 0 Å². The van der Waals surface area contributed by atoms with Gasteiger partial charge in [-0.15, -0.1) is 0 Å². The van der Waals surface area contributed by atoms with Gasteiger partial charge in [0.05, 0.1) is 0 Å². The molecular weight excluding hydrogens is 279 g/mol. The fourth-order valence-corrected chi connectivity index (χ4v) is 11.9. The summed E-state index contributed by atoms with van der Waals surface area (Å²) in [6.45, 7) is 2.29. The van der Waals surface area contributed by atoms with Crippen molar-refractivity contribution >= 4 is 22.3 Å². The number of rotatable bonds is 2. The molecular formula is C17H18As. The van der Waals surface area contributed by atoms with Crippen LogP contribution in [0.25, 0.3) is 0 Å². The van der Waals surface area contributed by atoms with Crippen molar-refractivity contribution in [2.24, 2.45) is 0 Å². The minimum absolute atomic E-state index is 1.29. The van der Waals surface area contributed by atoms with Gasteiger partial charge in [0.1, 0.15) is 0 Å². The molecule has 18 heavy (non-hydrogen) atoms. The summed E-state index contributed by atoms with van der Waals surface area (Å²) in [6, 6.07) is 22.4. The average molecular weight is 297 g/mol. The first-order valence-electron chi connectivity index (χ1n) is 6.45. The number of allylic oxidation sites excluding steroid dienone is 2. The van der Waals surface area contributed by atoms with Crippen molar-refractivity contribution in [3.05, 3.63) is 72.3 Å². The van der Waals surface area contributed by atoms with Gasteiger partial charge in [0.25, 0.3) is 0 Å². The molecule has 2 aromatic rings. The molecule has 0 N–H and O–H groups in total. The Labute approximate surface area is 112 Å². The molecule has 1 heterocycles. The molecule has 0 fully saturated rings. The van der Waals surface area contributed by atoms with E-state index in [9.17, 15) is 0 Å². The second kappa shape index (κ2) is 4.78. The van der Waals surface area contributed by atoms with E-state index < -0.39 is 13.6 Å². The first-order valence-corrected chi connectivity index (χ1v) is 11.0. The second-order valence-corrected chi connectivity index (χ2v) is 12.7. The fourth-order valence-electron chi connectivity index (χ4n) is 2.84. The van der Waals surface area contributed by atoms with E-state index in [1.54, 1.807) is 14.3 Å². The van der Waals surface area contributed by atoms with E-state index in [1.807, 2.05) is 0 Å². The topological polar surface area (TPSA) is 0 Å². The molecule has 0 saturated heterocycles. The van der Waals surface area contributed by atoms with E-state index in [2.05, 4.69) is 73.7 Å². The van der Waals surface area contributed by atoms with Gasteiger partial charge in [0.2, 0.25) is 0 Å². The SMILES string of the molecule is CC1=CC[As](c2ccccc2)(c2ccccc2)C1. The van der Waals surface area contributed by atoms with Crippen LogP contribution >= 0.6 is 0 Å². The molecule has 0 aromatic heterocycles. The van der Waals surface area contributed by atoms with Crippen LogP contribution in [0.1, 0.15) is 6.92 Å². The average Bonchev–Trinajstić information content (AvgIpc) is 2.84. The van der Waals surface area contributed by atoms with Crippen molar-refractivity contribution in [3.63, 3.8) is 0 Å². The van der Waals surface area contributed by atoms with Crippen LogP contribution in [-0.4, -0.2) is 13.6 Å². The molecule has 0 bridgehead atoms.